The normalized spacial score (nSPS) is 17.6. The molecule has 0 radical (unpaired) electrons. The molecule has 0 unspecified atom stereocenters. The van der Waals surface area contributed by atoms with Gasteiger partial charge in [-0.05, 0) is 61.9 Å². The van der Waals surface area contributed by atoms with E-state index < -0.39 is 46.9 Å². The molecule has 3 aromatic rings. The Balaban J connectivity index is 1.88. The van der Waals surface area contributed by atoms with Crippen molar-refractivity contribution in [1.29, 1.82) is 5.41 Å². The third kappa shape index (κ3) is 4.87. The number of rotatable bonds is 8. The minimum absolute atomic E-state index is 0.0376. The highest BCUT2D eigenvalue weighted by Gasteiger charge is 2.59. The fraction of sp³-hybridized carbons (Fsp3) is 0.250. The molecule has 0 fully saturated rings. The molecule has 2 aromatic carbocycles. The molecule has 2 atom stereocenters. The van der Waals surface area contributed by atoms with Gasteiger partial charge in [0.2, 0.25) is 5.91 Å². The van der Waals surface area contributed by atoms with Gasteiger partial charge >= 0.3 is 6.18 Å². The zero-order valence-electron chi connectivity index (χ0n) is 21.9. The Kier molecular flexibility index (Phi) is 7.33. The number of nitrogen functional groups attached to an aromatic ring is 1. The van der Waals surface area contributed by atoms with Crippen LogP contribution in [-0.2, 0) is 20.4 Å². The zero-order valence-corrected chi connectivity index (χ0v) is 21.9. The number of carbonyl (C=O) groups excluding carboxylic acids is 3. The summed E-state index contributed by atoms with van der Waals surface area (Å²) >= 11 is 0. The smallest absolute Gasteiger partial charge is 0.408 e. The van der Waals surface area contributed by atoms with E-state index in [-0.39, 0.29) is 52.3 Å². The molecule has 9 nitrogen and oxygen atoms in total. The van der Waals surface area contributed by atoms with Crippen molar-refractivity contribution in [3.63, 3.8) is 0 Å². The number of nitrogens with one attached hydrogen (secondary N) is 2. The quantitative estimate of drug-likeness (QED) is 0.140. The third-order valence-corrected chi connectivity index (χ3v) is 7.26. The number of carbonyl (C=O) groups is 3. The maximum Gasteiger partial charge on any atom is 0.408 e. The van der Waals surface area contributed by atoms with Crippen molar-refractivity contribution in [1.82, 2.24) is 10.3 Å². The fourth-order valence-electron chi connectivity index (χ4n) is 4.56. The molecule has 0 saturated carbocycles. The lowest BCUT2D eigenvalue weighted by molar-refractivity contribution is -0.186. The number of fused-ring (bicyclic) bond motifs is 1. The highest BCUT2D eigenvalue weighted by Crippen LogP contribution is 2.48. The number of primary amides is 1. The van der Waals surface area contributed by atoms with E-state index in [0.29, 0.717) is 5.56 Å². The number of amides is 2. The number of nitrogens with two attached hydrogens (primary N) is 2. The molecule has 1 aliphatic rings. The number of anilines is 1. The standard InChI is InChI=1S/C28H25F4N5O4/c1-14-7-20(34)16(10-33)8-18(14)24(39)36-11-27(12-38,28(30,31)32)21-9-19-23(41-13-26(19,2)25(35)40)22(37-21)15-3-5-17(29)6-4-15/h3-10,12,33H,11,13,34H2,1-2H3,(H2,35,40)(H,36,39)/t26-,27-/m0/s1. The second-order valence-corrected chi connectivity index (χ2v) is 9.93. The molecule has 4 rings (SSSR count). The third-order valence-electron chi connectivity index (χ3n) is 7.26. The van der Waals surface area contributed by atoms with Crippen LogP contribution < -0.4 is 21.5 Å². The van der Waals surface area contributed by atoms with E-state index in [1.807, 2.05) is 0 Å². The first-order valence-electron chi connectivity index (χ1n) is 12.1. The molecule has 1 aliphatic heterocycles. The summed E-state index contributed by atoms with van der Waals surface area (Å²) in [6.45, 7) is 1.32. The van der Waals surface area contributed by atoms with E-state index in [1.54, 1.807) is 0 Å². The molecule has 13 heteroatoms. The number of alkyl halides is 3. The van der Waals surface area contributed by atoms with Gasteiger partial charge in [0.1, 0.15) is 35.6 Å². The number of aromatic nitrogens is 1. The molecule has 2 amide bonds. The summed E-state index contributed by atoms with van der Waals surface area (Å²) in [5, 5.41) is 9.61. The number of benzene rings is 2. The van der Waals surface area contributed by atoms with E-state index in [4.69, 9.17) is 21.6 Å². The SMILES string of the molecule is Cc1cc(N)c(C=N)cc1C(=O)NC[C@](C=O)(c1cc2c(c(-c3ccc(F)cc3)n1)OC[C@]2(C)C(N)=O)C(F)(F)F. The van der Waals surface area contributed by atoms with Crippen LogP contribution in [0.1, 0.15) is 39.7 Å². The van der Waals surface area contributed by atoms with Crippen LogP contribution in [0.3, 0.4) is 0 Å². The average molecular weight is 572 g/mol. The minimum Gasteiger partial charge on any atom is -0.489 e. The molecule has 0 bridgehead atoms. The van der Waals surface area contributed by atoms with Gasteiger partial charge in [-0.25, -0.2) is 9.37 Å². The molecular formula is C28H25F4N5O4. The first-order valence-corrected chi connectivity index (χ1v) is 12.1. The van der Waals surface area contributed by atoms with Crippen LogP contribution >= 0.6 is 0 Å². The van der Waals surface area contributed by atoms with Crippen molar-refractivity contribution in [3.8, 4) is 17.0 Å². The Morgan fingerprint density at radius 2 is 1.85 bits per heavy atom. The van der Waals surface area contributed by atoms with Crippen LogP contribution in [0.4, 0.5) is 23.2 Å². The van der Waals surface area contributed by atoms with E-state index in [0.717, 1.165) is 24.4 Å². The van der Waals surface area contributed by atoms with Crippen molar-refractivity contribution < 1.29 is 36.7 Å². The van der Waals surface area contributed by atoms with Crippen LogP contribution in [-0.4, -0.2) is 48.6 Å². The van der Waals surface area contributed by atoms with Crippen LogP contribution in [0.15, 0.2) is 42.5 Å². The number of nitrogens with zero attached hydrogens (tertiary/aromatic N) is 1. The van der Waals surface area contributed by atoms with Gasteiger partial charge in [-0.2, -0.15) is 13.2 Å². The highest BCUT2D eigenvalue weighted by molar-refractivity contribution is 5.99. The van der Waals surface area contributed by atoms with E-state index in [9.17, 15) is 31.9 Å². The van der Waals surface area contributed by atoms with Crippen molar-refractivity contribution >= 4 is 30.0 Å². The number of hydrogen-bond donors (Lipinski definition) is 4. The average Bonchev–Trinajstić information content (AvgIpc) is 3.26. The summed E-state index contributed by atoms with van der Waals surface area (Å²) in [7, 11) is 0. The van der Waals surface area contributed by atoms with E-state index in [1.165, 1.54) is 38.1 Å². The Bertz CT molecular complexity index is 1580. The molecule has 214 valence electrons. The van der Waals surface area contributed by atoms with Gasteiger partial charge in [-0.1, -0.05) is 0 Å². The number of halogens is 4. The Labute approximate surface area is 231 Å². The van der Waals surface area contributed by atoms with Crippen molar-refractivity contribution in [3.05, 3.63) is 76.2 Å². The topological polar surface area (TPSA) is 161 Å². The first kappa shape index (κ1) is 29.2. The number of ether oxygens (including phenoxy) is 1. The molecule has 0 spiro atoms. The monoisotopic (exact) mass is 571 g/mol. The molecule has 2 heterocycles. The highest BCUT2D eigenvalue weighted by atomic mass is 19.4. The number of pyridine rings is 1. The second-order valence-electron chi connectivity index (χ2n) is 9.93. The fourth-order valence-corrected chi connectivity index (χ4v) is 4.56. The summed E-state index contributed by atoms with van der Waals surface area (Å²) in [6, 6.07) is 8.21. The lowest BCUT2D eigenvalue weighted by Crippen LogP contribution is -2.53. The summed E-state index contributed by atoms with van der Waals surface area (Å²) in [5.41, 5.74) is 6.20. The van der Waals surface area contributed by atoms with Crippen LogP contribution in [0, 0.1) is 18.2 Å². The van der Waals surface area contributed by atoms with Crippen LogP contribution in [0.5, 0.6) is 5.75 Å². The largest absolute Gasteiger partial charge is 0.489 e. The summed E-state index contributed by atoms with van der Waals surface area (Å²) in [5.74, 6) is -2.50. The summed E-state index contributed by atoms with van der Waals surface area (Å²) in [4.78, 5) is 41.9. The van der Waals surface area contributed by atoms with Crippen molar-refractivity contribution in [2.24, 2.45) is 5.73 Å². The van der Waals surface area contributed by atoms with Gasteiger partial charge in [0.25, 0.3) is 5.91 Å². The molecule has 1 aromatic heterocycles. The van der Waals surface area contributed by atoms with Crippen molar-refractivity contribution in [2.45, 2.75) is 30.9 Å². The molecule has 0 saturated heterocycles. The van der Waals surface area contributed by atoms with E-state index in [2.05, 4.69) is 10.3 Å². The van der Waals surface area contributed by atoms with Gasteiger partial charge in [0.15, 0.2) is 5.41 Å². The predicted octanol–water partition coefficient (Wildman–Crippen LogP) is 3.34. The summed E-state index contributed by atoms with van der Waals surface area (Å²) < 4.78 is 63.7. The lowest BCUT2D eigenvalue weighted by atomic mass is 9.78. The Morgan fingerprint density at radius 1 is 1.20 bits per heavy atom. The lowest BCUT2D eigenvalue weighted by Gasteiger charge is -2.31. The van der Waals surface area contributed by atoms with Gasteiger partial charge < -0.3 is 31.7 Å². The number of aldehydes is 1. The molecule has 41 heavy (non-hydrogen) atoms. The zero-order chi connectivity index (χ0) is 30.3. The molecular weight excluding hydrogens is 546 g/mol. The number of aryl methyl sites for hydroxylation is 1. The van der Waals surface area contributed by atoms with Gasteiger partial charge in [0, 0.05) is 40.7 Å². The summed E-state index contributed by atoms with van der Waals surface area (Å²) in [6.07, 6.45) is -4.75. The molecule has 6 N–H and O–H groups in total. The maximum atomic E-state index is 14.8. The van der Waals surface area contributed by atoms with E-state index >= 15 is 0 Å². The minimum atomic E-state index is -5.28. The van der Waals surface area contributed by atoms with Gasteiger partial charge in [-0.3, -0.25) is 9.59 Å². The predicted molar refractivity (Wildman–Crippen MR) is 141 cm³/mol. The van der Waals surface area contributed by atoms with Crippen molar-refractivity contribution in [2.75, 3.05) is 18.9 Å². The second kappa shape index (κ2) is 10.3. The molecule has 0 aliphatic carbocycles. The first-order chi connectivity index (χ1) is 19.2. The van der Waals surface area contributed by atoms with Crippen LogP contribution in [0.25, 0.3) is 11.3 Å². The van der Waals surface area contributed by atoms with Gasteiger partial charge in [0.05, 0.1) is 5.69 Å². The van der Waals surface area contributed by atoms with Crippen LogP contribution in [0.2, 0.25) is 0 Å². The Morgan fingerprint density at radius 3 is 2.41 bits per heavy atom. The Hall–Kier alpha value is -4.81. The maximum absolute atomic E-state index is 14.8. The number of hydrogen-bond acceptors (Lipinski definition) is 7. The van der Waals surface area contributed by atoms with Gasteiger partial charge in [-0.15, -0.1) is 0 Å².